The number of aryl methyl sites for hydroxylation is 2. The zero-order valence-corrected chi connectivity index (χ0v) is 17.8. The summed E-state index contributed by atoms with van der Waals surface area (Å²) in [6, 6.07) is 14.6. The predicted molar refractivity (Wildman–Crippen MR) is 116 cm³/mol. The molecule has 0 radical (unpaired) electrons. The molecule has 146 valence electrons. The van der Waals surface area contributed by atoms with Crippen molar-refractivity contribution in [3.05, 3.63) is 65.2 Å². The highest BCUT2D eigenvalue weighted by atomic mass is 32.2. The van der Waals surface area contributed by atoms with Crippen LogP contribution in [0.2, 0.25) is 0 Å². The van der Waals surface area contributed by atoms with Crippen LogP contribution in [0.4, 0.5) is 5.69 Å². The molecule has 1 aromatic heterocycles. The van der Waals surface area contributed by atoms with Crippen LogP contribution in [0.25, 0.3) is 10.9 Å². The molecule has 5 nitrogen and oxygen atoms in total. The van der Waals surface area contributed by atoms with Crippen molar-refractivity contribution in [1.82, 2.24) is 4.98 Å². The third-order valence-corrected chi connectivity index (χ3v) is 5.99. The van der Waals surface area contributed by atoms with E-state index < -0.39 is 10.0 Å². The van der Waals surface area contributed by atoms with Gasteiger partial charge in [0.05, 0.1) is 22.0 Å². The van der Waals surface area contributed by atoms with Crippen molar-refractivity contribution in [2.75, 3.05) is 11.0 Å². The third-order valence-electron chi connectivity index (χ3n) is 4.36. The number of carbonyl (C=O) groups is 1. The number of hydrogen-bond donors (Lipinski definition) is 1. The van der Waals surface area contributed by atoms with E-state index in [1.807, 2.05) is 39.0 Å². The molecule has 3 rings (SSSR count). The first-order chi connectivity index (χ1) is 13.1. The van der Waals surface area contributed by atoms with Gasteiger partial charge in [0.25, 0.3) is 0 Å². The highest BCUT2D eigenvalue weighted by Crippen LogP contribution is 2.29. The average molecular weight is 415 g/mol. The first-order valence-corrected chi connectivity index (χ1v) is 11.6. The number of pyridine rings is 1. The Morgan fingerprint density at radius 2 is 1.75 bits per heavy atom. The topological polar surface area (TPSA) is 76.1 Å². The Morgan fingerprint density at radius 1 is 1.07 bits per heavy atom. The van der Waals surface area contributed by atoms with Crippen LogP contribution < -0.4 is 4.72 Å². The number of benzene rings is 2. The SMILES string of the molecule is Cc1cc(S[C@@H](C)C(=O)c2ccc(NS(C)(=O)=O)cc2)nc2c(C)cccc12. The smallest absolute Gasteiger partial charge is 0.229 e. The number of thioether (sulfide) groups is 1. The van der Waals surface area contributed by atoms with Gasteiger partial charge in [0.2, 0.25) is 10.0 Å². The molecule has 1 atom stereocenters. The lowest BCUT2D eigenvalue weighted by Crippen LogP contribution is -2.14. The number of para-hydroxylation sites is 1. The number of nitrogens with one attached hydrogen (secondary N) is 1. The summed E-state index contributed by atoms with van der Waals surface area (Å²) in [4.78, 5) is 17.5. The van der Waals surface area contributed by atoms with Gasteiger partial charge in [-0.3, -0.25) is 9.52 Å². The van der Waals surface area contributed by atoms with Gasteiger partial charge in [-0.2, -0.15) is 0 Å². The Kier molecular flexibility index (Phi) is 5.76. The standard InChI is InChI=1S/C21H22N2O3S2/c1-13-6-5-7-18-14(2)12-19(22-20(13)18)27-15(3)21(24)16-8-10-17(11-9-16)23-28(4,25)26/h5-12,15,23H,1-4H3/t15-/m0/s1. The van der Waals surface area contributed by atoms with Crippen molar-refractivity contribution in [3.63, 3.8) is 0 Å². The van der Waals surface area contributed by atoms with E-state index >= 15 is 0 Å². The fourth-order valence-electron chi connectivity index (χ4n) is 2.98. The summed E-state index contributed by atoms with van der Waals surface area (Å²) in [5.74, 6) is -0.0276. The molecule has 0 aliphatic heterocycles. The lowest BCUT2D eigenvalue weighted by Gasteiger charge is -2.13. The number of fused-ring (bicyclic) bond motifs is 1. The van der Waals surface area contributed by atoms with Crippen LogP contribution >= 0.6 is 11.8 Å². The van der Waals surface area contributed by atoms with E-state index in [-0.39, 0.29) is 11.0 Å². The maximum absolute atomic E-state index is 12.8. The molecule has 1 N–H and O–H groups in total. The van der Waals surface area contributed by atoms with Crippen LogP contribution in [0.1, 0.15) is 28.4 Å². The second-order valence-electron chi connectivity index (χ2n) is 6.82. The highest BCUT2D eigenvalue weighted by Gasteiger charge is 2.18. The maximum atomic E-state index is 12.8. The summed E-state index contributed by atoms with van der Waals surface area (Å²) >= 11 is 1.43. The van der Waals surface area contributed by atoms with Crippen LogP contribution in [-0.2, 0) is 10.0 Å². The van der Waals surface area contributed by atoms with Crippen LogP contribution in [0.5, 0.6) is 0 Å². The molecule has 0 spiro atoms. The minimum Gasteiger partial charge on any atom is -0.293 e. The monoisotopic (exact) mass is 414 g/mol. The van der Waals surface area contributed by atoms with Gasteiger partial charge in [0, 0.05) is 16.6 Å². The van der Waals surface area contributed by atoms with Crippen molar-refractivity contribution in [2.24, 2.45) is 0 Å². The molecule has 0 saturated carbocycles. The van der Waals surface area contributed by atoms with E-state index in [4.69, 9.17) is 4.98 Å². The number of carbonyl (C=O) groups excluding carboxylic acids is 1. The summed E-state index contributed by atoms with van der Waals surface area (Å²) in [7, 11) is -3.34. The number of aromatic nitrogens is 1. The number of Topliss-reactive ketones (excluding diaryl/α,β-unsaturated/α-hetero) is 1. The van der Waals surface area contributed by atoms with Crippen molar-refractivity contribution in [1.29, 1.82) is 0 Å². The zero-order chi connectivity index (χ0) is 20.5. The second kappa shape index (κ2) is 7.93. The van der Waals surface area contributed by atoms with Crippen LogP contribution in [0, 0.1) is 13.8 Å². The first kappa shape index (κ1) is 20.4. The molecule has 0 aliphatic carbocycles. The number of rotatable bonds is 6. The number of sulfonamides is 1. The van der Waals surface area contributed by atoms with E-state index in [2.05, 4.69) is 10.8 Å². The number of hydrogen-bond acceptors (Lipinski definition) is 5. The van der Waals surface area contributed by atoms with E-state index in [1.165, 1.54) is 11.8 Å². The zero-order valence-electron chi connectivity index (χ0n) is 16.2. The number of anilines is 1. The Bertz CT molecular complexity index is 1140. The summed E-state index contributed by atoms with van der Waals surface area (Å²) in [6.07, 6.45) is 1.09. The van der Waals surface area contributed by atoms with Crippen molar-refractivity contribution in [3.8, 4) is 0 Å². The summed E-state index contributed by atoms with van der Waals surface area (Å²) < 4.78 is 25.0. The minimum atomic E-state index is -3.34. The summed E-state index contributed by atoms with van der Waals surface area (Å²) in [5.41, 5.74) is 4.17. The second-order valence-corrected chi connectivity index (χ2v) is 9.93. The molecule has 0 aliphatic rings. The molecule has 28 heavy (non-hydrogen) atoms. The largest absolute Gasteiger partial charge is 0.293 e. The van der Waals surface area contributed by atoms with Gasteiger partial charge in [0.1, 0.15) is 0 Å². The Labute approximate surface area is 169 Å². The highest BCUT2D eigenvalue weighted by molar-refractivity contribution is 8.00. The molecular weight excluding hydrogens is 392 g/mol. The lowest BCUT2D eigenvalue weighted by atomic mass is 10.1. The molecule has 1 heterocycles. The summed E-state index contributed by atoms with van der Waals surface area (Å²) in [6.45, 7) is 5.94. The minimum absolute atomic E-state index is 0.0276. The summed E-state index contributed by atoms with van der Waals surface area (Å²) in [5, 5.41) is 1.62. The molecule has 0 bridgehead atoms. The van der Waals surface area contributed by atoms with Gasteiger partial charge < -0.3 is 0 Å². The maximum Gasteiger partial charge on any atom is 0.229 e. The van der Waals surface area contributed by atoms with Gasteiger partial charge in [-0.15, -0.1) is 0 Å². The molecule has 3 aromatic rings. The number of ketones is 1. The molecule has 0 amide bonds. The van der Waals surface area contributed by atoms with Gasteiger partial charge in [-0.1, -0.05) is 30.0 Å². The normalized spacial score (nSPS) is 12.7. The molecular formula is C21H22N2O3S2. The lowest BCUT2D eigenvalue weighted by molar-refractivity contribution is 0.0994. The van der Waals surface area contributed by atoms with Crippen molar-refractivity contribution in [2.45, 2.75) is 31.0 Å². The molecule has 0 saturated heterocycles. The first-order valence-electron chi connectivity index (χ1n) is 8.80. The fourth-order valence-corrected chi connectivity index (χ4v) is 4.54. The molecule has 2 aromatic carbocycles. The van der Waals surface area contributed by atoms with Gasteiger partial charge in [-0.05, 0) is 62.2 Å². The van der Waals surface area contributed by atoms with Crippen LogP contribution in [0.15, 0.2) is 53.6 Å². The quantitative estimate of drug-likeness (QED) is 0.472. The van der Waals surface area contributed by atoms with E-state index in [9.17, 15) is 13.2 Å². The van der Waals surface area contributed by atoms with Crippen LogP contribution in [0.3, 0.4) is 0 Å². The van der Waals surface area contributed by atoms with Crippen molar-refractivity contribution < 1.29 is 13.2 Å². The van der Waals surface area contributed by atoms with E-state index in [1.54, 1.807) is 24.3 Å². The molecule has 0 unspecified atom stereocenters. The Hall–Kier alpha value is -2.38. The molecule has 7 heteroatoms. The predicted octanol–water partition coefficient (Wildman–Crippen LogP) is 4.59. The van der Waals surface area contributed by atoms with E-state index in [0.717, 1.165) is 33.3 Å². The fraction of sp³-hybridized carbons (Fsp3) is 0.238. The Morgan fingerprint density at radius 3 is 2.39 bits per heavy atom. The van der Waals surface area contributed by atoms with Crippen LogP contribution in [-0.4, -0.2) is 30.7 Å². The number of nitrogens with zero attached hydrogens (tertiary/aromatic N) is 1. The van der Waals surface area contributed by atoms with Gasteiger partial charge in [-0.25, -0.2) is 13.4 Å². The van der Waals surface area contributed by atoms with Gasteiger partial charge in [0.15, 0.2) is 5.78 Å². The van der Waals surface area contributed by atoms with E-state index in [0.29, 0.717) is 11.3 Å². The Balaban J connectivity index is 1.79. The molecule has 0 fully saturated rings. The van der Waals surface area contributed by atoms with Crippen molar-refractivity contribution >= 4 is 44.2 Å². The van der Waals surface area contributed by atoms with Gasteiger partial charge >= 0.3 is 0 Å². The average Bonchev–Trinajstić information content (AvgIpc) is 2.61. The third kappa shape index (κ3) is 4.72.